The number of ether oxygens (including phenoxy) is 2. The highest BCUT2D eigenvalue weighted by molar-refractivity contribution is 6.30. The summed E-state index contributed by atoms with van der Waals surface area (Å²) in [6, 6.07) is 20.2. The van der Waals surface area contributed by atoms with E-state index in [4.69, 9.17) is 21.1 Å². The predicted molar refractivity (Wildman–Crippen MR) is 122 cm³/mol. The summed E-state index contributed by atoms with van der Waals surface area (Å²) in [5.41, 5.74) is 2.98. The third-order valence-corrected chi connectivity index (χ3v) is 4.65. The molecule has 3 aromatic carbocycles. The van der Waals surface area contributed by atoms with Gasteiger partial charge in [-0.15, -0.1) is 0 Å². The summed E-state index contributed by atoms with van der Waals surface area (Å²) in [7, 11) is 1.50. The molecule has 0 spiro atoms. The standard InChI is InChI=1S/C24H23ClN2O4/c1-16(28)26-20-9-11-23(30-2)21(14-20)27-24(29)15-31-22-10-8-19(25)13-18(22)12-17-6-4-3-5-7-17/h3-11,13-14H,12,15H2,1-2H3,(H,26,28)(H,27,29). The van der Waals surface area contributed by atoms with E-state index in [0.717, 1.165) is 11.1 Å². The molecule has 0 aliphatic rings. The summed E-state index contributed by atoms with van der Waals surface area (Å²) in [5.74, 6) is 0.486. The number of carbonyl (C=O) groups is 2. The van der Waals surface area contributed by atoms with Gasteiger partial charge in [0.2, 0.25) is 5.91 Å². The second-order valence-corrected chi connectivity index (χ2v) is 7.28. The summed E-state index contributed by atoms with van der Waals surface area (Å²) in [4.78, 5) is 23.8. The van der Waals surface area contributed by atoms with Crippen LogP contribution in [0.4, 0.5) is 11.4 Å². The lowest BCUT2D eigenvalue weighted by molar-refractivity contribution is -0.118. The number of anilines is 2. The number of nitrogens with one attached hydrogen (secondary N) is 2. The fourth-order valence-electron chi connectivity index (χ4n) is 3.06. The van der Waals surface area contributed by atoms with Crippen LogP contribution in [-0.2, 0) is 16.0 Å². The Balaban J connectivity index is 1.69. The first-order valence-corrected chi connectivity index (χ1v) is 10.0. The number of carbonyl (C=O) groups excluding carboxylic acids is 2. The van der Waals surface area contributed by atoms with Crippen molar-refractivity contribution in [1.29, 1.82) is 0 Å². The van der Waals surface area contributed by atoms with Crippen molar-refractivity contribution in [2.75, 3.05) is 24.4 Å². The summed E-state index contributed by atoms with van der Waals surface area (Å²) in [6.07, 6.45) is 0.630. The van der Waals surface area contributed by atoms with Gasteiger partial charge in [0.25, 0.3) is 5.91 Å². The van der Waals surface area contributed by atoms with Crippen molar-refractivity contribution in [3.63, 3.8) is 0 Å². The van der Waals surface area contributed by atoms with Gasteiger partial charge in [-0.1, -0.05) is 41.9 Å². The molecular weight excluding hydrogens is 416 g/mol. The molecule has 2 N–H and O–H groups in total. The lowest BCUT2D eigenvalue weighted by Crippen LogP contribution is -2.21. The Bertz CT molecular complexity index is 1070. The molecule has 31 heavy (non-hydrogen) atoms. The van der Waals surface area contributed by atoms with E-state index in [0.29, 0.717) is 34.3 Å². The van der Waals surface area contributed by atoms with Crippen LogP contribution >= 0.6 is 11.6 Å². The topological polar surface area (TPSA) is 76.7 Å². The zero-order valence-corrected chi connectivity index (χ0v) is 18.0. The van der Waals surface area contributed by atoms with Gasteiger partial charge in [-0.05, 0) is 47.5 Å². The van der Waals surface area contributed by atoms with Crippen molar-refractivity contribution in [2.45, 2.75) is 13.3 Å². The maximum Gasteiger partial charge on any atom is 0.262 e. The number of methoxy groups -OCH3 is 1. The van der Waals surface area contributed by atoms with Gasteiger partial charge in [0, 0.05) is 24.1 Å². The summed E-state index contributed by atoms with van der Waals surface area (Å²) in [5, 5.41) is 6.03. The van der Waals surface area contributed by atoms with Crippen molar-refractivity contribution < 1.29 is 19.1 Å². The van der Waals surface area contributed by atoms with Crippen molar-refractivity contribution in [3.05, 3.63) is 82.9 Å². The Morgan fingerprint density at radius 2 is 1.68 bits per heavy atom. The Morgan fingerprint density at radius 1 is 0.935 bits per heavy atom. The van der Waals surface area contributed by atoms with Crippen LogP contribution in [0.2, 0.25) is 5.02 Å². The third kappa shape index (κ3) is 6.49. The third-order valence-electron chi connectivity index (χ3n) is 4.41. The Hall–Kier alpha value is -3.51. The van der Waals surface area contributed by atoms with Crippen LogP contribution < -0.4 is 20.1 Å². The van der Waals surface area contributed by atoms with Crippen molar-refractivity contribution in [1.82, 2.24) is 0 Å². The second kappa shape index (κ2) is 10.5. The van der Waals surface area contributed by atoms with E-state index in [-0.39, 0.29) is 18.4 Å². The maximum atomic E-state index is 12.5. The van der Waals surface area contributed by atoms with E-state index in [9.17, 15) is 9.59 Å². The highest BCUT2D eigenvalue weighted by Crippen LogP contribution is 2.28. The molecule has 0 heterocycles. The molecule has 6 nitrogen and oxygen atoms in total. The minimum atomic E-state index is -0.362. The van der Waals surface area contributed by atoms with Gasteiger partial charge in [0.05, 0.1) is 12.8 Å². The molecule has 0 aromatic heterocycles. The minimum absolute atomic E-state index is 0.197. The van der Waals surface area contributed by atoms with Crippen LogP contribution in [-0.4, -0.2) is 25.5 Å². The smallest absolute Gasteiger partial charge is 0.262 e. The first-order chi connectivity index (χ1) is 14.9. The molecule has 0 aliphatic carbocycles. The number of benzene rings is 3. The molecular formula is C24H23ClN2O4. The fourth-order valence-corrected chi connectivity index (χ4v) is 3.25. The van der Waals surface area contributed by atoms with E-state index in [1.165, 1.54) is 14.0 Å². The molecule has 7 heteroatoms. The average Bonchev–Trinajstić information content (AvgIpc) is 2.74. The molecule has 0 radical (unpaired) electrons. The highest BCUT2D eigenvalue weighted by atomic mass is 35.5. The number of amides is 2. The van der Waals surface area contributed by atoms with Gasteiger partial charge in [-0.2, -0.15) is 0 Å². The van der Waals surface area contributed by atoms with Crippen LogP contribution in [0.15, 0.2) is 66.7 Å². The molecule has 3 rings (SSSR count). The van der Waals surface area contributed by atoms with Crippen molar-refractivity contribution in [2.24, 2.45) is 0 Å². The zero-order chi connectivity index (χ0) is 22.2. The van der Waals surface area contributed by atoms with E-state index < -0.39 is 0 Å². The SMILES string of the molecule is COc1ccc(NC(C)=O)cc1NC(=O)COc1ccc(Cl)cc1Cc1ccccc1. The summed E-state index contributed by atoms with van der Waals surface area (Å²) >= 11 is 6.16. The van der Waals surface area contributed by atoms with Gasteiger partial charge >= 0.3 is 0 Å². The van der Waals surface area contributed by atoms with Crippen LogP contribution in [0.25, 0.3) is 0 Å². The predicted octanol–water partition coefficient (Wildman–Crippen LogP) is 4.92. The van der Waals surface area contributed by atoms with Gasteiger partial charge in [0.15, 0.2) is 6.61 Å². The van der Waals surface area contributed by atoms with Gasteiger partial charge in [-0.25, -0.2) is 0 Å². The average molecular weight is 439 g/mol. The molecule has 0 bridgehead atoms. The molecule has 2 amide bonds. The van der Waals surface area contributed by atoms with Crippen LogP contribution in [0, 0.1) is 0 Å². The zero-order valence-electron chi connectivity index (χ0n) is 17.3. The Labute approximate surface area is 186 Å². The van der Waals surface area contributed by atoms with E-state index in [1.54, 1.807) is 30.3 Å². The number of halogens is 1. The van der Waals surface area contributed by atoms with Gasteiger partial charge in [-0.3, -0.25) is 9.59 Å². The van der Waals surface area contributed by atoms with Crippen LogP contribution in [0.5, 0.6) is 11.5 Å². The monoisotopic (exact) mass is 438 g/mol. The van der Waals surface area contributed by atoms with Crippen LogP contribution in [0.1, 0.15) is 18.1 Å². The molecule has 0 unspecified atom stereocenters. The first-order valence-electron chi connectivity index (χ1n) is 9.65. The maximum absolute atomic E-state index is 12.5. The molecule has 0 saturated carbocycles. The lowest BCUT2D eigenvalue weighted by Gasteiger charge is -2.14. The summed E-state index contributed by atoms with van der Waals surface area (Å²) in [6.45, 7) is 1.21. The number of hydrogen-bond donors (Lipinski definition) is 2. The van der Waals surface area contributed by atoms with Gasteiger partial charge < -0.3 is 20.1 Å². The minimum Gasteiger partial charge on any atom is -0.495 e. The number of rotatable bonds is 8. The van der Waals surface area contributed by atoms with E-state index in [1.807, 2.05) is 36.4 Å². The fraction of sp³-hybridized carbons (Fsp3) is 0.167. The number of hydrogen-bond acceptors (Lipinski definition) is 4. The molecule has 0 atom stereocenters. The van der Waals surface area contributed by atoms with Crippen LogP contribution in [0.3, 0.4) is 0 Å². The Kier molecular flexibility index (Phi) is 7.51. The largest absolute Gasteiger partial charge is 0.495 e. The van der Waals surface area contributed by atoms with E-state index in [2.05, 4.69) is 10.6 Å². The second-order valence-electron chi connectivity index (χ2n) is 6.85. The highest BCUT2D eigenvalue weighted by Gasteiger charge is 2.12. The Morgan fingerprint density at radius 3 is 2.39 bits per heavy atom. The summed E-state index contributed by atoms with van der Waals surface area (Å²) < 4.78 is 11.1. The van der Waals surface area contributed by atoms with Crippen molar-refractivity contribution >= 4 is 34.8 Å². The van der Waals surface area contributed by atoms with Gasteiger partial charge in [0.1, 0.15) is 11.5 Å². The van der Waals surface area contributed by atoms with E-state index >= 15 is 0 Å². The molecule has 160 valence electrons. The first kappa shape index (κ1) is 22.2. The molecule has 3 aromatic rings. The molecule has 0 aliphatic heterocycles. The van der Waals surface area contributed by atoms with Crippen molar-refractivity contribution in [3.8, 4) is 11.5 Å². The molecule has 0 saturated heterocycles. The molecule has 0 fully saturated rings. The lowest BCUT2D eigenvalue weighted by atomic mass is 10.0. The normalized spacial score (nSPS) is 10.3. The quantitative estimate of drug-likeness (QED) is 0.523.